The molecule has 0 unspecified atom stereocenters. The van der Waals surface area contributed by atoms with Gasteiger partial charge in [0, 0.05) is 11.3 Å². The molecule has 1 amide bonds. The number of hydrogen-bond donors (Lipinski definition) is 1. The molecule has 1 N–H and O–H groups in total. The van der Waals surface area contributed by atoms with E-state index in [1.807, 2.05) is 0 Å². The van der Waals surface area contributed by atoms with E-state index in [-0.39, 0.29) is 22.7 Å². The monoisotopic (exact) mass is 448 g/mol. The van der Waals surface area contributed by atoms with E-state index in [4.69, 9.17) is 11.6 Å². The number of sulfonamides is 1. The summed E-state index contributed by atoms with van der Waals surface area (Å²) in [6, 6.07) is 8.43. The summed E-state index contributed by atoms with van der Waals surface area (Å²) in [5.74, 6) is -1.18. The highest BCUT2D eigenvalue weighted by molar-refractivity contribution is 7.92. The fourth-order valence-corrected chi connectivity index (χ4v) is 3.50. The highest BCUT2D eigenvalue weighted by Crippen LogP contribution is 2.36. The molecule has 0 heterocycles. The van der Waals surface area contributed by atoms with E-state index < -0.39 is 39.2 Å². The maximum atomic E-state index is 12.9. The van der Waals surface area contributed by atoms with Gasteiger partial charge in [-0.25, -0.2) is 8.42 Å². The van der Waals surface area contributed by atoms with Crippen LogP contribution in [0.4, 0.5) is 24.5 Å². The molecule has 0 spiro atoms. The van der Waals surface area contributed by atoms with Crippen LogP contribution in [-0.2, 0) is 21.0 Å². The summed E-state index contributed by atoms with van der Waals surface area (Å²) in [6.45, 7) is 0.597. The number of alkyl halides is 3. The van der Waals surface area contributed by atoms with Gasteiger partial charge in [-0.3, -0.25) is 13.9 Å². The molecule has 0 fully saturated rings. The molecule has 0 aliphatic rings. The van der Waals surface area contributed by atoms with Gasteiger partial charge in [0.25, 0.3) is 0 Å². The van der Waals surface area contributed by atoms with Crippen molar-refractivity contribution >= 4 is 44.7 Å². The van der Waals surface area contributed by atoms with Crippen LogP contribution >= 0.6 is 11.6 Å². The highest BCUT2D eigenvalue weighted by atomic mass is 35.5. The number of halogens is 4. The first-order valence-electron chi connectivity index (χ1n) is 8.04. The number of hydrogen-bond acceptors (Lipinski definition) is 4. The first-order chi connectivity index (χ1) is 13.3. The summed E-state index contributed by atoms with van der Waals surface area (Å²) in [6.07, 6.45) is -3.85. The summed E-state index contributed by atoms with van der Waals surface area (Å²) in [5.41, 5.74) is -1.02. The molecule has 0 saturated heterocycles. The lowest BCUT2D eigenvalue weighted by Crippen LogP contribution is -2.37. The van der Waals surface area contributed by atoms with Crippen LogP contribution in [0.5, 0.6) is 0 Å². The molecule has 2 aromatic rings. The minimum absolute atomic E-state index is 0.0717. The average molecular weight is 449 g/mol. The van der Waals surface area contributed by atoms with Crippen LogP contribution < -0.4 is 9.62 Å². The summed E-state index contributed by atoms with van der Waals surface area (Å²) in [5, 5.41) is 1.69. The minimum Gasteiger partial charge on any atom is -0.324 e. The number of Topliss-reactive ketones (excluding diaryl/α,β-unsaturated/α-hetero) is 1. The molecule has 6 nitrogen and oxygen atoms in total. The van der Waals surface area contributed by atoms with E-state index in [1.54, 1.807) is 0 Å². The highest BCUT2D eigenvalue weighted by Gasteiger charge is 2.33. The van der Waals surface area contributed by atoms with Gasteiger partial charge in [0.15, 0.2) is 5.78 Å². The lowest BCUT2D eigenvalue weighted by Gasteiger charge is -2.22. The Morgan fingerprint density at radius 3 is 2.34 bits per heavy atom. The Morgan fingerprint density at radius 1 is 1.14 bits per heavy atom. The first-order valence-corrected chi connectivity index (χ1v) is 10.3. The molecule has 0 saturated carbocycles. The maximum absolute atomic E-state index is 12.9. The van der Waals surface area contributed by atoms with Crippen molar-refractivity contribution in [2.45, 2.75) is 13.1 Å². The van der Waals surface area contributed by atoms with E-state index in [2.05, 4.69) is 5.32 Å². The second-order valence-corrected chi connectivity index (χ2v) is 8.43. The third kappa shape index (κ3) is 5.94. The van der Waals surface area contributed by atoms with Gasteiger partial charge < -0.3 is 5.32 Å². The molecule has 156 valence electrons. The number of benzene rings is 2. The summed E-state index contributed by atoms with van der Waals surface area (Å²) in [7, 11) is -3.93. The van der Waals surface area contributed by atoms with Crippen molar-refractivity contribution in [2.75, 3.05) is 22.4 Å². The van der Waals surface area contributed by atoms with Crippen LogP contribution in [0, 0.1) is 0 Å². The van der Waals surface area contributed by atoms with Crippen molar-refractivity contribution in [1.29, 1.82) is 0 Å². The third-order valence-corrected chi connectivity index (χ3v) is 5.25. The fourth-order valence-electron chi connectivity index (χ4n) is 2.43. The second kappa shape index (κ2) is 8.42. The minimum atomic E-state index is -4.72. The molecule has 0 aliphatic heterocycles. The molecule has 0 bridgehead atoms. The van der Waals surface area contributed by atoms with Gasteiger partial charge in [0.2, 0.25) is 15.9 Å². The van der Waals surface area contributed by atoms with E-state index in [0.717, 1.165) is 22.7 Å². The number of anilines is 2. The van der Waals surface area contributed by atoms with Crippen molar-refractivity contribution in [2.24, 2.45) is 0 Å². The Hall–Kier alpha value is -2.59. The molecule has 0 aromatic heterocycles. The van der Waals surface area contributed by atoms with Crippen molar-refractivity contribution < 1.29 is 31.2 Å². The molecular formula is C18H16ClF3N2O4S. The van der Waals surface area contributed by atoms with Crippen molar-refractivity contribution in [1.82, 2.24) is 0 Å². The quantitative estimate of drug-likeness (QED) is 0.678. The summed E-state index contributed by atoms with van der Waals surface area (Å²) < 4.78 is 63.8. The SMILES string of the molecule is CC(=O)c1cccc(N(CC(=O)Nc2ccc(Cl)c(C(F)(F)F)c2)S(C)(=O)=O)c1. The Balaban J connectivity index is 2.29. The van der Waals surface area contributed by atoms with Gasteiger partial charge in [-0.2, -0.15) is 13.2 Å². The molecule has 2 aromatic carbocycles. The first kappa shape index (κ1) is 22.7. The van der Waals surface area contributed by atoms with Crippen LogP contribution in [0.25, 0.3) is 0 Å². The van der Waals surface area contributed by atoms with Gasteiger partial charge in [0.05, 0.1) is 22.5 Å². The van der Waals surface area contributed by atoms with Gasteiger partial charge in [0.1, 0.15) is 6.54 Å². The fraction of sp³-hybridized carbons (Fsp3) is 0.222. The number of amides is 1. The van der Waals surface area contributed by atoms with E-state index in [0.29, 0.717) is 6.07 Å². The topological polar surface area (TPSA) is 83.6 Å². The summed E-state index contributed by atoms with van der Waals surface area (Å²) in [4.78, 5) is 23.8. The molecule has 0 radical (unpaired) electrons. The number of ketones is 1. The van der Waals surface area contributed by atoms with E-state index in [9.17, 15) is 31.2 Å². The van der Waals surface area contributed by atoms with Crippen LogP contribution in [0.15, 0.2) is 42.5 Å². The molecular weight excluding hydrogens is 433 g/mol. The van der Waals surface area contributed by atoms with Crippen molar-refractivity contribution in [3.8, 4) is 0 Å². The van der Waals surface area contributed by atoms with Gasteiger partial charge >= 0.3 is 6.18 Å². The van der Waals surface area contributed by atoms with Crippen molar-refractivity contribution in [3.05, 3.63) is 58.6 Å². The Labute approximate surface area is 170 Å². The Morgan fingerprint density at radius 2 is 1.79 bits per heavy atom. The zero-order chi connectivity index (χ0) is 22.0. The Kier molecular flexibility index (Phi) is 6.59. The maximum Gasteiger partial charge on any atom is 0.417 e. The third-order valence-electron chi connectivity index (χ3n) is 3.78. The normalized spacial score (nSPS) is 11.8. The lowest BCUT2D eigenvalue weighted by molar-refractivity contribution is -0.137. The second-order valence-electron chi connectivity index (χ2n) is 6.12. The Bertz CT molecular complexity index is 1060. The smallest absolute Gasteiger partial charge is 0.324 e. The number of nitrogens with one attached hydrogen (secondary N) is 1. The largest absolute Gasteiger partial charge is 0.417 e. The molecule has 0 atom stereocenters. The van der Waals surface area contributed by atoms with Gasteiger partial charge in [-0.05, 0) is 37.3 Å². The van der Waals surface area contributed by atoms with E-state index in [1.165, 1.54) is 31.2 Å². The number of rotatable bonds is 6. The lowest BCUT2D eigenvalue weighted by atomic mass is 10.1. The molecule has 29 heavy (non-hydrogen) atoms. The van der Waals surface area contributed by atoms with Crippen LogP contribution in [0.1, 0.15) is 22.8 Å². The zero-order valence-corrected chi connectivity index (χ0v) is 16.8. The molecule has 0 aliphatic carbocycles. The molecule has 2 rings (SSSR count). The number of carbonyl (C=O) groups is 2. The van der Waals surface area contributed by atoms with Crippen LogP contribution in [0.2, 0.25) is 5.02 Å². The standard InChI is InChI=1S/C18H16ClF3N2O4S/c1-11(25)12-4-3-5-14(8-12)24(29(2,27)28)10-17(26)23-13-6-7-16(19)15(9-13)18(20,21)22/h3-9H,10H2,1-2H3,(H,23,26). The van der Waals surface area contributed by atoms with Crippen LogP contribution in [-0.4, -0.2) is 32.9 Å². The molecule has 11 heteroatoms. The van der Waals surface area contributed by atoms with Crippen LogP contribution in [0.3, 0.4) is 0 Å². The van der Waals surface area contributed by atoms with Crippen molar-refractivity contribution in [3.63, 3.8) is 0 Å². The van der Waals surface area contributed by atoms with Gasteiger partial charge in [-0.1, -0.05) is 23.7 Å². The zero-order valence-electron chi connectivity index (χ0n) is 15.2. The predicted molar refractivity (Wildman–Crippen MR) is 104 cm³/mol. The average Bonchev–Trinajstić information content (AvgIpc) is 2.59. The number of nitrogens with zero attached hydrogens (tertiary/aromatic N) is 1. The number of carbonyl (C=O) groups excluding carboxylic acids is 2. The van der Waals surface area contributed by atoms with Gasteiger partial charge in [-0.15, -0.1) is 0 Å². The predicted octanol–water partition coefficient (Wildman–Crippen LogP) is 3.97. The van der Waals surface area contributed by atoms with E-state index >= 15 is 0 Å². The summed E-state index contributed by atoms with van der Waals surface area (Å²) >= 11 is 5.53.